The van der Waals surface area contributed by atoms with E-state index in [1.54, 1.807) is 30.3 Å². The summed E-state index contributed by atoms with van der Waals surface area (Å²) in [4.78, 5) is 12.6. The van der Waals surface area contributed by atoms with Gasteiger partial charge in [-0.25, -0.2) is 4.39 Å². The van der Waals surface area contributed by atoms with E-state index in [1.807, 2.05) is 18.4 Å². The Bertz CT molecular complexity index is 1110. The van der Waals surface area contributed by atoms with Crippen molar-refractivity contribution >= 4 is 35.0 Å². The number of aromatic nitrogens is 3. The molecule has 3 rings (SSSR count). The number of benzene rings is 2. The highest BCUT2D eigenvalue weighted by Crippen LogP contribution is 2.36. The lowest BCUT2D eigenvalue weighted by Crippen LogP contribution is -2.16. The molecule has 0 fully saturated rings. The second-order valence-corrected chi connectivity index (χ2v) is 8.66. The second-order valence-electron chi connectivity index (χ2n) is 7.31. The lowest BCUT2D eigenvalue weighted by atomic mass is 10.2. The summed E-state index contributed by atoms with van der Waals surface area (Å²) in [6.07, 6.45) is 0. The molecule has 7 nitrogen and oxygen atoms in total. The van der Waals surface area contributed by atoms with Gasteiger partial charge in [0.25, 0.3) is 0 Å². The van der Waals surface area contributed by atoms with Crippen LogP contribution in [0.25, 0.3) is 11.4 Å². The zero-order valence-corrected chi connectivity index (χ0v) is 19.8. The van der Waals surface area contributed by atoms with Crippen LogP contribution in [0.15, 0.2) is 41.6 Å². The molecule has 0 bridgehead atoms. The lowest BCUT2D eigenvalue weighted by molar-refractivity contribution is -0.113. The third-order valence-corrected chi connectivity index (χ3v) is 5.72. The van der Waals surface area contributed by atoms with Crippen LogP contribution in [0, 0.1) is 11.7 Å². The number of amides is 1. The molecule has 0 atom stereocenters. The maximum absolute atomic E-state index is 14.3. The van der Waals surface area contributed by atoms with Crippen molar-refractivity contribution in [2.75, 3.05) is 25.3 Å². The van der Waals surface area contributed by atoms with Gasteiger partial charge < -0.3 is 19.4 Å². The van der Waals surface area contributed by atoms with Gasteiger partial charge in [0.1, 0.15) is 17.3 Å². The summed E-state index contributed by atoms with van der Waals surface area (Å²) in [6, 6.07) is 9.60. The largest absolute Gasteiger partial charge is 0.495 e. The van der Waals surface area contributed by atoms with Crippen molar-refractivity contribution in [1.82, 2.24) is 14.8 Å². The zero-order chi connectivity index (χ0) is 23.3. The molecule has 1 amide bonds. The summed E-state index contributed by atoms with van der Waals surface area (Å²) >= 11 is 7.34. The molecule has 1 aromatic heterocycles. The van der Waals surface area contributed by atoms with E-state index < -0.39 is 0 Å². The average Bonchev–Trinajstić information content (AvgIpc) is 3.15. The van der Waals surface area contributed by atoms with Gasteiger partial charge in [0.15, 0.2) is 11.0 Å². The number of carbonyl (C=O) groups excluding carboxylic acids is 1. The van der Waals surface area contributed by atoms with Crippen molar-refractivity contribution < 1.29 is 18.7 Å². The van der Waals surface area contributed by atoms with E-state index in [4.69, 9.17) is 21.1 Å². The molecule has 1 heterocycles. The smallest absolute Gasteiger partial charge is 0.234 e. The highest BCUT2D eigenvalue weighted by Gasteiger charge is 2.19. The van der Waals surface area contributed by atoms with Gasteiger partial charge >= 0.3 is 0 Å². The number of halogens is 2. The Morgan fingerprint density at radius 2 is 1.91 bits per heavy atom. The number of nitrogens with one attached hydrogen (secondary N) is 1. The van der Waals surface area contributed by atoms with E-state index in [2.05, 4.69) is 15.5 Å². The quantitative estimate of drug-likeness (QED) is 0.429. The van der Waals surface area contributed by atoms with E-state index in [1.165, 1.54) is 32.0 Å². The molecule has 0 aliphatic heterocycles. The fourth-order valence-corrected chi connectivity index (χ4v) is 4.02. The van der Waals surface area contributed by atoms with Crippen molar-refractivity contribution in [3.8, 4) is 22.9 Å². The minimum absolute atomic E-state index is 0.0710. The Morgan fingerprint density at radius 3 is 2.56 bits per heavy atom. The van der Waals surface area contributed by atoms with Gasteiger partial charge in [0.05, 0.1) is 36.2 Å². The van der Waals surface area contributed by atoms with Crippen molar-refractivity contribution in [3.63, 3.8) is 0 Å². The van der Waals surface area contributed by atoms with Crippen LogP contribution >= 0.6 is 23.4 Å². The van der Waals surface area contributed by atoms with Gasteiger partial charge in [-0.2, -0.15) is 0 Å². The molecule has 0 saturated carbocycles. The van der Waals surface area contributed by atoms with Crippen LogP contribution in [0.5, 0.6) is 11.5 Å². The van der Waals surface area contributed by atoms with Crippen LogP contribution in [0.1, 0.15) is 13.8 Å². The highest BCUT2D eigenvalue weighted by molar-refractivity contribution is 7.99. The molecule has 0 spiro atoms. The third kappa shape index (κ3) is 5.52. The number of anilines is 1. The number of nitrogens with zero attached hydrogens (tertiary/aromatic N) is 3. The number of methoxy groups -OCH3 is 2. The minimum Gasteiger partial charge on any atom is -0.495 e. The molecule has 0 radical (unpaired) electrons. The minimum atomic E-state index is -0.372. The molecular formula is C22H24ClFN4O3S. The summed E-state index contributed by atoms with van der Waals surface area (Å²) in [5.41, 5.74) is 0.810. The molecule has 0 aliphatic rings. The molecule has 3 aromatic rings. The topological polar surface area (TPSA) is 78.3 Å². The molecule has 0 saturated heterocycles. The van der Waals surface area contributed by atoms with E-state index in [-0.39, 0.29) is 23.4 Å². The number of ether oxygens (including phenoxy) is 2. The molecule has 170 valence electrons. The monoisotopic (exact) mass is 478 g/mol. The normalized spacial score (nSPS) is 11.0. The molecule has 2 aromatic carbocycles. The molecule has 0 unspecified atom stereocenters. The van der Waals surface area contributed by atoms with Crippen molar-refractivity contribution in [2.45, 2.75) is 25.5 Å². The maximum atomic E-state index is 14.3. The van der Waals surface area contributed by atoms with Crippen molar-refractivity contribution in [2.24, 2.45) is 5.92 Å². The first kappa shape index (κ1) is 23.9. The fraction of sp³-hybridized carbons (Fsp3) is 0.318. The molecule has 1 N–H and O–H groups in total. The summed E-state index contributed by atoms with van der Waals surface area (Å²) in [7, 11) is 2.98. The summed E-state index contributed by atoms with van der Waals surface area (Å²) < 4.78 is 26.7. The predicted octanol–water partition coefficient (Wildman–Crippen LogP) is 5.14. The Hall–Kier alpha value is -2.78. The van der Waals surface area contributed by atoms with E-state index in [0.717, 1.165) is 0 Å². The average molecular weight is 479 g/mol. The van der Waals surface area contributed by atoms with E-state index >= 15 is 0 Å². The van der Waals surface area contributed by atoms with Crippen LogP contribution in [0.4, 0.5) is 10.1 Å². The van der Waals surface area contributed by atoms with Crippen LogP contribution < -0.4 is 14.8 Å². The molecule has 32 heavy (non-hydrogen) atoms. The summed E-state index contributed by atoms with van der Waals surface area (Å²) in [5, 5.41) is 12.1. The van der Waals surface area contributed by atoms with Gasteiger partial charge in [0.2, 0.25) is 5.91 Å². The Morgan fingerprint density at radius 1 is 1.19 bits per heavy atom. The molecule has 0 aliphatic carbocycles. The van der Waals surface area contributed by atoms with Gasteiger partial charge in [0, 0.05) is 18.7 Å². The van der Waals surface area contributed by atoms with Gasteiger partial charge in [-0.3, -0.25) is 4.79 Å². The standard InChI is InChI=1S/C22H24ClFN4O3S/c1-13(2)11-28-21(14-7-5-6-8-16(14)24)26-27-22(28)32-12-20(29)25-17-10-18(30-3)15(23)9-19(17)31-4/h5-10,13H,11-12H2,1-4H3,(H,25,29). The van der Waals surface area contributed by atoms with Gasteiger partial charge in [-0.05, 0) is 18.1 Å². The number of rotatable bonds is 9. The Balaban J connectivity index is 1.78. The van der Waals surface area contributed by atoms with Crippen LogP contribution in [-0.4, -0.2) is 40.6 Å². The molecule has 10 heteroatoms. The number of thioether (sulfide) groups is 1. The first-order valence-corrected chi connectivity index (χ1v) is 11.2. The van der Waals surface area contributed by atoms with E-state index in [0.29, 0.717) is 45.3 Å². The van der Waals surface area contributed by atoms with Gasteiger partial charge in [-0.1, -0.05) is 49.3 Å². The first-order chi connectivity index (χ1) is 15.3. The van der Waals surface area contributed by atoms with Crippen LogP contribution in [-0.2, 0) is 11.3 Å². The SMILES string of the molecule is COc1cc(NC(=O)CSc2nnc(-c3ccccc3F)n2CC(C)C)c(OC)cc1Cl. The van der Waals surface area contributed by atoms with Crippen LogP contribution in [0.3, 0.4) is 0 Å². The number of hydrogen-bond donors (Lipinski definition) is 1. The van der Waals surface area contributed by atoms with Crippen LogP contribution in [0.2, 0.25) is 5.02 Å². The maximum Gasteiger partial charge on any atom is 0.234 e. The first-order valence-electron chi connectivity index (χ1n) is 9.86. The highest BCUT2D eigenvalue weighted by atomic mass is 35.5. The number of hydrogen-bond acceptors (Lipinski definition) is 6. The zero-order valence-electron chi connectivity index (χ0n) is 18.2. The van der Waals surface area contributed by atoms with Crippen molar-refractivity contribution in [1.29, 1.82) is 0 Å². The van der Waals surface area contributed by atoms with E-state index in [9.17, 15) is 9.18 Å². The Labute approximate surface area is 195 Å². The summed E-state index contributed by atoms with van der Waals surface area (Å²) in [6.45, 7) is 4.68. The predicted molar refractivity (Wildman–Crippen MR) is 124 cm³/mol. The lowest BCUT2D eigenvalue weighted by Gasteiger charge is -2.14. The third-order valence-electron chi connectivity index (χ3n) is 4.46. The van der Waals surface area contributed by atoms with Gasteiger partial charge in [-0.15, -0.1) is 10.2 Å². The summed E-state index contributed by atoms with van der Waals surface area (Å²) in [5.74, 6) is 0.966. The fourth-order valence-electron chi connectivity index (χ4n) is 3.04. The second kappa shape index (κ2) is 10.7. The number of carbonyl (C=O) groups is 1. The van der Waals surface area contributed by atoms with Crippen molar-refractivity contribution in [3.05, 3.63) is 47.2 Å². The molecular weight excluding hydrogens is 455 g/mol. The Kier molecular flexibility index (Phi) is 7.98.